The van der Waals surface area contributed by atoms with E-state index in [9.17, 15) is 8.42 Å². The molecule has 0 aliphatic carbocycles. The first kappa shape index (κ1) is 15.3. The van der Waals surface area contributed by atoms with Gasteiger partial charge >= 0.3 is 0 Å². The van der Waals surface area contributed by atoms with Crippen LogP contribution in [0.15, 0.2) is 11.4 Å². The van der Waals surface area contributed by atoms with Crippen molar-refractivity contribution < 1.29 is 8.42 Å². The van der Waals surface area contributed by atoms with Crippen molar-refractivity contribution in [2.45, 2.75) is 37.3 Å². The summed E-state index contributed by atoms with van der Waals surface area (Å²) in [4.78, 5) is 6.11. The van der Waals surface area contributed by atoms with E-state index in [0.717, 1.165) is 19.6 Å². The summed E-state index contributed by atoms with van der Waals surface area (Å²) in [5.74, 6) is 0.0326. The zero-order valence-electron chi connectivity index (χ0n) is 12.0. The Hall–Kier alpha value is -1.12. The molecule has 2 heterocycles. The summed E-state index contributed by atoms with van der Waals surface area (Å²) < 4.78 is 28.7. The van der Waals surface area contributed by atoms with Gasteiger partial charge in [-0.3, -0.25) is 0 Å². The van der Waals surface area contributed by atoms with E-state index in [-0.39, 0.29) is 16.9 Å². The third kappa shape index (κ3) is 3.50. The van der Waals surface area contributed by atoms with Crippen LogP contribution in [0.5, 0.6) is 0 Å². The molecule has 1 aromatic heterocycles. The zero-order valence-corrected chi connectivity index (χ0v) is 12.9. The van der Waals surface area contributed by atoms with Crippen LogP contribution in [0, 0.1) is 0 Å². The number of nitrogens with zero attached hydrogens (tertiary/aromatic N) is 3. The van der Waals surface area contributed by atoms with Crippen molar-refractivity contribution in [2.75, 3.05) is 25.4 Å². The number of aromatic nitrogens is 2. The van der Waals surface area contributed by atoms with Crippen LogP contribution < -0.4 is 10.5 Å². The number of hydrogen-bond donors (Lipinski definition) is 2. The molecule has 0 amide bonds. The summed E-state index contributed by atoms with van der Waals surface area (Å²) in [7, 11) is -2.01. The van der Waals surface area contributed by atoms with Crippen molar-refractivity contribution in [1.29, 1.82) is 0 Å². The number of likely N-dealkylation sites (tertiary alicyclic amines) is 1. The summed E-state index contributed by atoms with van der Waals surface area (Å²) >= 11 is 0. The fourth-order valence-corrected chi connectivity index (χ4v) is 4.12. The van der Waals surface area contributed by atoms with Gasteiger partial charge in [0.2, 0.25) is 0 Å². The molecule has 0 aromatic carbocycles. The monoisotopic (exact) mass is 301 g/mol. The number of hydrogen-bond acceptors (Lipinski definition) is 5. The molecule has 1 atom stereocenters. The maximum absolute atomic E-state index is 12.3. The molecule has 0 radical (unpaired) electrons. The lowest BCUT2D eigenvalue weighted by Gasteiger charge is -2.29. The third-order valence-corrected chi connectivity index (χ3v) is 5.22. The van der Waals surface area contributed by atoms with E-state index in [1.54, 1.807) is 7.05 Å². The number of nitrogens with one attached hydrogen (secondary N) is 1. The topological polar surface area (TPSA) is 93.2 Å². The van der Waals surface area contributed by atoms with Crippen LogP contribution in [-0.2, 0) is 17.1 Å². The molecule has 1 aliphatic heterocycles. The number of nitrogens with two attached hydrogens (primary N) is 1. The van der Waals surface area contributed by atoms with E-state index in [1.807, 2.05) is 6.92 Å². The normalized spacial score (nSPS) is 19.1. The molecule has 0 saturated carbocycles. The minimum Gasteiger partial charge on any atom is -0.381 e. The molecule has 1 aromatic rings. The van der Waals surface area contributed by atoms with E-state index < -0.39 is 10.0 Å². The smallest absolute Gasteiger partial charge is 0.260 e. The van der Waals surface area contributed by atoms with Gasteiger partial charge in [-0.05, 0) is 32.9 Å². The number of aryl methyl sites for hydroxylation is 1. The second kappa shape index (κ2) is 6.11. The van der Waals surface area contributed by atoms with Gasteiger partial charge in [0.05, 0.1) is 6.33 Å². The molecule has 1 saturated heterocycles. The Labute approximate surface area is 120 Å². The average molecular weight is 301 g/mol. The highest BCUT2D eigenvalue weighted by molar-refractivity contribution is 7.89. The Morgan fingerprint density at radius 3 is 2.60 bits per heavy atom. The Kier molecular flexibility index (Phi) is 4.66. The number of nitrogen functional groups attached to an aromatic ring is 1. The minimum absolute atomic E-state index is 0.0306. The van der Waals surface area contributed by atoms with Crippen LogP contribution in [0.3, 0.4) is 0 Å². The molecule has 114 valence electrons. The van der Waals surface area contributed by atoms with E-state index in [1.165, 1.54) is 30.2 Å². The largest absolute Gasteiger partial charge is 0.381 e. The van der Waals surface area contributed by atoms with Crippen molar-refractivity contribution in [3.05, 3.63) is 6.33 Å². The van der Waals surface area contributed by atoms with Crippen LogP contribution in [-0.4, -0.2) is 48.5 Å². The Bertz CT molecular complexity index is 529. The van der Waals surface area contributed by atoms with Gasteiger partial charge in [-0.2, -0.15) is 0 Å². The van der Waals surface area contributed by atoms with Crippen molar-refractivity contribution >= 4 is 15.8 Å². The summed E-state index contributed by atoms with van der Waals surface area (Å²) in [6.45, 7) is 4.68. The Morgan fingerprint density at radius 2 is 2.05 bits per heavy atom. The quantitative estimate of drug-likeness (QED) is 0.808. The first-order chi connectivity index (χ1) is 9.40. The van der Waals surface area contributed by atoms with Crippen molar-refractivity contribution in [2.24, 2.45) is 7.05 Å². The molecule has 7 nitrogen and oxygen atoms in total. The average Bonchev–Trinajstić information content (AvgIpc) is 2.70. The lowest BCUT2D eigenvalue weighted by atomic mass is 10.1. The highest BCUT2D eigenvalue weighted by atomic mass is 32.2. The molecule has 2 rings (SSSR count). The number of rotatable bonds is 5. The molecule has 0 spiro atoms. The fraction of sp³-hybridized carbons (Fsp3) is 0.750. The zero-order chi connectivity index (χ0) is 14.8. The van der Waals surface area contributed by atoms with Gasteiger partial charge in [0.1, 0.15) is 0 Å². The number of imidazole rings is 1. The molecule has 0 bridgehead atoms. The third-order valence-electron chi connectivity index (χ3n) is 3.50. The maximum Gasteiger partial charge on any atom is 0.260 e. The number of anilines is 1. The number of piperidine rings is 1. The second-order valence-corrected chi connectivity index (χ2v) is 7.06. The van der Waals surface area contributed by atoms with Crippen molar-refractivity contribution in [3.8, 4) is 0 Å². The van der Waals surface area contributed by atoms with Crippen molar-refractivity contribution in [3.63, 3.8) is 0 Å². The predicted molar refractivity (Wildman–Crippen MR) is 77.7 cm³/mol. The van der Waals surface area contributed by atoms with Gasteiger partial charge in [-0.25, -0.2) is 18.1 Å². The van der Waals surface area contributed by atoms with Crippen LogP contribution in [0.4, 0.5) is 5.82 Å². The van der Waals surface area contributed by atoms with Crippen molar-refractivity contribution in [1.82, 2.24) is 19.2 Å². The molecular weight excluding hydrogens is 278 g/mol. The summed E-state index contributed by atoms with van der Waals surface area (Å²) in [6.07, 6.45) is 5.05. The van der Waals surface area contributed by atoms with Crippen LogP contribution >= 0.6 is 0 Å². The molecule has 20 heavy (non-hydrogen) atoms. The standard InChI is InChI=1S/C12H23N5O2S/c1-10(8-17-6-4-3-5-7-17)15-20(18,19)12-11(13)14-9-16(12)2/h9-10,15H,3-8,13H2,1-2H3. The fourth-order valence-electron chi connectivity index (χ4n) is 2.65. The molecule has 1 aliphatic rings. The van der Waals surface area contributed by atoms with Crippen LogP contribution in [0.25, 0.3) is 0 Å². The molecule has 8 heteroatoms. The van der Waals surface area contributed by atoms with E-state index in [2.05, 4.69) is 14.6 Å². The minimum atomic E-state index is -3.63. The molecule has 1 fully saturated rings. The molecular formula is C12H23N5O2S. The Morgan fingerprint density at radius 1 is 1.40 bits per heavy atom. The predicted octanol–water partition coefficient (Wildman–Crippen LogP) is 0.155. The van der Waals surface area contributed by atoms with Gasteiger partial charge < -0.3 is 15.2 Å². The van der Waals surface area contributed by atoms with Gasteiger partial charge in [0.25, 0.3) is 10.0 Å². The number of sulfonamides is 1. The van der Waals surface area contributed by atoms with Gasteiger partial charge in [-0.15, -0.1) is 0 Å². The first-order valence-corrected chi connectivity index (χ1v) is 8.40. The summed E-state index contributed by atoms with van der Waals surface area (Å²) in [5, 5.41) is 0.0306. The van der Waals surface area contributed by atoms with Gasteiger partial charge in [-0.1, -0.05) is 6.42 Å². The highest BCUT2D eigenvalue weighted by Crippen LogP contribution is 2.16. The lowest BCUT2D eigenvalue weighted by molar-refractivity contribution is 0.215. The molecule has 3 N–H and O–H groups in total. The summed E-state index contributed by atoms with van der Waals surface area (Å²) in [5.41, 5.74) is 5.63. The van der Waals surface area contributed by atoms with Crippen LogP contribution in [0.1, 0.15) is 26.2 Å². The summed E-state index contributed by atoms with van der Waals surface area (Å²) in [6, 6.07) is -0.160. The maximum atomic E-state index is 12.3. The Balaban J connectivity index is 2.01. The SMILES string of the molecule is CC(CN1CCCCC1)NS(=O)(=O)c1c(N)ncn1C. The van der Waals surface area contributed by atoms with E-state index in [0.29, 0.717) is 0 Å². The molecule has 1 unspecified atom stereocenters. The first-order valence-electron chi connectivity index (χ1n) is 6.91. The van der Waals surface area contributed by atoms with Gasteiger partial charge in [0, 0.05) is 19.6 Å². The highest BCUT2D eigenvalue weighted by Gasteiger charge is 2.25. The van der Waals surface area contributed by atoms with Crippen LogP contribution in [0.2, 0.25) is 0 Å². The van der Waals surface area contributed by atoms with E-state index in [4.69, 9.17) is 5.73 Å². The van der Waals surface area contributed by atoms with Gasteiger partial charge in [0.15, 0.2) is 10.8 Å². The second-order valence-electron chi connectivity index (χ2n) is 5.43. The van der Waals surface area contributed by atoms with E-state index >= 15 is 0 Å². The lowest BCUT2D eigenvalue weighted by Crippen LogP contribution is -2.44.